The predicted octanol–water partition coefficient (Wildman–Crippen LogP) is 2.99. The molecule has 1 aromatic carbocycles. The third-order valence-corrected chi connectivity index (χ3v) is 4.23. The first-order valence-electron chi connectivity index (χ1n) is 7.05. The fraction of sp³-hybridized carbons (Fsp3) is 0.500. The number of aryl methyl sites for hydroxylation is 1. The minimum Gasteiger partial charge on any atom is -0.480 e. The zero-order valence-electron chi connectivity index (χ0n) is 12.8. The maximum atomic E-state index is 11.9. The van der Waals surface area contributed by atoms with Gasteiger partial charge in [-0.05, 0) is 25.8 Å². The van der Waals surface area contributed by atoms with Crippen LogP contribution in [0.3, 0.4) is 0 Å². The van der Waals surface area contributed by atoms with Crippen LogP contribution in [0, 0.1) is 6.92 Å². The summed E-state index contributed by atoms with van der Waals surface area (Å²) in [4.78, 5) is 23.2. The molecule has 0 heterocycles. The van der Waals surface area contributed by atoms with Crippen molar-refractivity contribution in [3.05, 3.63) is 35.4 Å². The summed E-state index contributed by atoms with van der Waals surface area (Å²) >= 11 is 1.49. The summed E-state index contributed by atoms with van der Waals surface area (Å²) < 4.78 is 0. The summed E-state index contributed by atoms with van der Waals surface area (Å²) in [5, 5.41) is 11.9. The molecule has 5 heteroatoms. The summed E-state index contributed by atoms with van der Waals surface area (Å²) in [7, 11) is 0. The number of rotatable bonds is 8. The van der Waals surface area contributed by atoms with Crippen LogP contribution in [0.5, 0.6) is 0 Å². The Balaban J connectivity index is 2.45. The van der Waals surface area contributed by atoms with Gasteiger partial charge < -0.3 is 10.4 Å². The van der Waals surface area contributed by atoms with Crippen molar-refractivity contribution in [2.24, 2.45) is 0 Å². The summed E-state index contributed by atoms with van der Waals surface area (Å²) in [6.07, 6.45) is 1.14. The number of nitrogens with one attached hydrogen (secondary N) is 1. The van der Waals surface area contributed by atoms with E-state index in [9.17, 15) is 14.7 Å². The van der Waals surface area contributed by atoms with Crippen LogP contribution in [0.25, 0.3) is 0 Å². The molecule has 0 saturated heterocycles. The molecule has 0 radical (unpaired) electrons. The van der Waals surface area contributed by atoms with E-state index in [2.05, 4.69) is 11.4 Å². The molecule has 21 heavy (non-hydrogen) atoms. The number of hydrogen-bond acceptors (Lipinski definition) is 3. The van der Waals surface area contributed by atoms with Gasteiger partial charge >= 0.3 is 5.97 Å². The van der Waals surface area contributed by atoms with Crippen molar-refractivity contribution >= 4 is 23.6 Å². The Kier molecular flexibility index (Phi) is 6.75. The van der Waals surface area contributed by atoms with Gasteiger partial charge in [-0.1, -0.05) is 43.2 Å². The third-order valence-electron chi connectivity index (χ3n) is 3.22. The van der Waals surface area contributed by atoms with E-state index in [1.807, 2.05) is 32.0 Å². The van der Waals surface area contributed by atoms with E-state index in [0.29, 0.717) is 12.8 Å². The highest BCUT2D eigenvalue weighted by atomic mass is 32.2. The summed E-state index contributed by atoms with van der Waals surface area (Å²) in [6.45, 7) is 5.49. The second-order valence-electron chi connectivity index (χ2n) is 5.42. The summed E-state index contributed by atoms with van der Waals surface area (Å²) in [6, 6.07) is 8.14. The third kappa shape index (κ3) is 5.79. The van der Waals surface area contributed by atoms with Crippen LogP contribution in [0.15, 0.2) is 24.3 Å². The Morgan fingerprint density at radius 2 is 2.10 bits per heavy atom. The molecule has 1 atom stereocenters. The quantitative estimate of drug-likeness (QED) is 0.775. The van der Waals surface area contributed by atoms with Crippen LogP contribution in [0.1, 0.15) is 37.8 Å². The van der Waals surface area contributed by atoms with Crippen LogP contribution in [-0.4, -0.2) is 28.3 Å². The van der Waals surface area contributed by atoms with Gasteiger partial charge in [0.15, 0.2) is 0 Å². The van der Waals surface area contributed by atoms with E-state index in [1.165, 1.54) is 22.9 Å². The monoisotopic (exact) mass is 309 g/mol. The smallest absolute Gasteiger partial charge is 0.329 e. The number of hydrogen-bond donors (Lipinski definition) is 2. The fourth-order valence-corrected chi connectivity index (χ4v) is 2.91. The Bertz CT molecular complexity index is 504. The number of benzene rings is 1. The van der Waals surface area contributed by atoms with Crippen LogP contribution >= 0.6 is 11.8 Å². The highest BCUT2D eigenvalue weighted by molar-refractivity contribution is 7.99. The highest BCUT2D eigenvalue weighted by Gasteiger charge is 2.33. The molecule has 4 nitrogen and oxygen atoms in total. The topological polar surface area (TPSA) is 66.4 Å². The van der Waals surface area contributed by atoms with Crippen molar-refractivity contribution in [3.8, 4) is 0 Å². The van der Waals surface area contributed by atoms with Gasteiger partial charge in [0.1, 0.15) is 5.54 Å². The standard InChI is InChI=1S/C16H23NO3S/c1-4-8-16(3,15(19)20)17-14(18)11-21-10-13-7-5-6-12(2)9-13/h5-7,9H,4,8,10-11H2,1-3H3,(H,17,18)(H,19,20). The number of carboxylic acid groups (broad SMARTS) is 1. The molecular formula is C16H23NO3S. The highest BCUT2D eigenvalue weighted by Crippen LogP contribution is 2.16. The van der Waals surface area contributed by atoms with Gasteiger partial charge in [0.05, 0.1) is 5.75 Å². The zero-order valence-corrected chi connectivity index (χ0v) is 13.6. The van der Waals surface area contributed by atoms with E-state index in [1.54, 1.807) is 6.92 Å². The molecular weight excluding hydrogens is 286 g/mol. The van der Waals surface area contributed by atoms with Gasteiger partial charge in [0, 0.05) is 5.75 Å². The molecule has 0 aliphatic rings. The maximum Gasteiger partial charge on any atom is 0.329 e. The molecule has 0 aliphatic carbocycles. The van der Waals surface area contributed by atoms with Crippen molar-refractivity contribution in [2.75, 3.05) is 5.75 Å². The molecule has 1 rings (SSSR count). The van der Waals surface area contributed by atoms with Gasteiger partial charge in [0.25, 0.3) is 0 Å². The normalized spacial score (nSPS) is 13.5. The second-order valence-corrected chi connectivity index (χ2v) is 6.40. The molecule has 1 unspecified atom stereocenters. The number of carbonyl (C=O) groups excluding carboxylic acids is 1. The second kappa shape index (κ2) is 8.08. The molecule has 0 spiro atoms. The zero-order chi connectivity index (χ0) is 15.9. The molecule has 1 aromatic rings. The number of thioether (sulfide) groups is 1. The van der Waals surface area contributed by atoms with Crippen molar-refractivity contribution < 1.29 is 14.7 Å². The molecule has 116 valence electrons. The first kappa shape index (κ1) is 17.6. The number of carboxylic acids is 1. The molecule has 0 aromatic heterocycles. The molecule has 0 fully saturated rings. The van der Waals surface area contributed by atoms with Crippen molar-refractivity contribution in [1.82, 2.24) is 5.32 Å². The van der Waals surface area contributed by atoms with E-state index in [-0.39, 0.29) is 11.7 Å². The van der Waals surface area contributed by atoms with E-state index in [0.717, 1.165) is 5.75 Å². The van der Waals surface area contributed by atoms with Crippen molar-refractivity contribution in [3.63, 3.8) is 0 Å². The van der Waals surface area contributed by atoms with Crippen LogP contribution < -0.4 is 5.32 Å². The number of amides is 1. The Morgan fingerprint density at radius 3 is 2.67 bits per heavy atom. The lowest BCUT2D eigenvalue weighted by molar-refractivity contribution is -0.146. The van der Waals surface area contributed by atoms with Crippen LogP contribution in [0.2, 0.25) is 0 Å². The predicted molar refractivity (Wildman–Crippen MR) is 86.4 cm³/mol. The van der Waals surface area contributed by atoms with Crippen LogP contribution in [-0.2, 0) is 15.3 Å². The van der Waals surface area contributed by atoms with Gasteiger partial charge in [-0.25, -0.2) is 4.79 Å². The minimum atomic E-state index is -1.17. The van der Waals surface area contributed by atoms with Gasteiger partial charge in [-0.15, -0.1) is 11.8 Å². The van der Waals surface area contributed by atoms with E-state index < -0.39 is 11.5 Å². The molecule has 0 aliphatic heterocycles. The lowest BCUT2D eigenvalue weighted by Gasteiger charge is -2.25. The Morgan fingerprint density at radius 1 is 1.38 bits per heavy atom. The van der Waals surface area contributed by atoms with Crippen molar-refractivity contribution in [1.29, 1.82) is 0 Å². The first-order valence-corrected chi connectivity index (χ1v) is 8.20. The van der Waals surface area contributed by atoms with Gasteiger partial charge in [-0.2, -0.15) is 0 Å². The van der Waals surface area contributed by atoms with E-state index >= 15 is 0 Å². The van der Waals surface area contributed by atoms with Gasteiger partial charge in [0.2, 0.25) is 5.91 Å². The Hall–Kier alpha value is -1.49. The molecule has 2 N–H and O–H groups in total. The van der Waals surface area contributed by atoms with Crippen molar-refractivity contribution in [2.45, 2.75) is 44.9 Å². The molecule has 0 bridgehead atoms. The first-order chi connectivity index (χ1) is 9.87. The summed E-state index contributed by atoms with van der Waals surface area (Å²) in [5.74, 6) is -0.208. The largest absolute Gasteiger partial charge is 0.480 e. The molecule has 1 amide bonds. The van der Waals surface area contributed by atoms with Crippen LogP contribution in [0.4, 0.5) is 0 Å². The lowest BCUT2D eigenvalue weighted by Crippen LogP contribution is -2.52. The number of aliphatic carboxylic acids is 1. The van der Waals surface area contributed by atoms with Gasteiger partial charge in [-0.3, -0.25) is 4.79 Å². The number of carbonyl (C=O) groups is 2. The fourth-order valence-electron chi connectivity index (χ4n) is 2.13. The SMILES string of the molecule is CCCC(C)(NC(=O)CSCc1cccc(C)c1)C(=O)O. The van der Waals surface area contributed by atoms with E-state index in [4.69, 9.17) is 0 Å². The molecule has 0 saturated carbocycles. The minimum absolute atomic E-state index is 0.231. The summed E-state index contributed by atoms with van der Waals surface area (Å²) in [5.41, 5.74) is 1.19. The average molecular weight is 309 g/mol. The maximum absolute atomic E-state index is 11.9. The Labute approximate surface area is 130 Å². The average Bonchev–Trinajstić information content (AvgIpc) is 2.38. The lowest BCUT2D eigenvalue weighted by atomic mass is 9.96.